The smallest absolute Gasteiger partial charge is 0.243 e. The van der Waals surface area contributed by atoms with Crippen molar-refractivity contribution in [2.24, 2.45) is 5.73 Å². The molecule has 2 aliphatic heterocycles. The first kappa shape index (κ1) is 29.9. The number of nitrogens with one attached hydrogen (secondary N) is 3. The molecule has 2 saturated heterocycles. The van der Waals surface area contributed by atoms with E-state index in [1.54, 1.807) is 17.5 Å². The zero-order valence-corrected chi connectivity index (χ0v) is 22.4. The molecule has 4 heterocycles. The number of amides is 3. The number of carbonyl (C=O) groups is 3. The lowest BCUT2D eigenvalue weighted by Crippen LogP contribution is -2.48. The van der Waals surface area contributed by atoms with Gasteiger partial charge in [-0.05, 0) is 18.6 Å². The molecular formula is C25H33FN6O6S. The number of pyridine rings is 1. The second-order valence-electron chi connectivity index (χ2n) is 8.80. The lowest BCUT2D eigenvalue weighted by atomic mass is 10.1. The highest BCUT2D eigenvalue weighted by Crippen LogP contribution is 2.35. The number of amidine groups is 1. The molecule has 0 radical (unpaired) electrons. The highest BCUT2D eigenvalue weighted by molar-refractivity contribution is 7.10. The van der Waals surface area contributed by atoms with Crippen LogP contribution in [0.15, 0.2) is 29.8 Å². The number of hydrogen-bond donors (Lipinski definition) is 4. The van der Waals surface area contributed by atoms with Gasteiger partial charge in [-0.15, -0.1) is 11.3 Å². The molecule has 2 aliphatic rings. The Kier molecular flexibility index (Phi) is 11.1. The second kappa shape index (κ2) is 14.5. The normalized spacial score (nSPS) is 17.3. The van der Waals surface area contributed by atoms with Crippen LogP contribution in [0.1, 0.15) is 36.6 Å². The average molecular weight is 565 g/mol. The van der Waals surface area contributed by atoms with Crippen LogP contribution < -0.4 is 21.1 Å². The third-order valence-corrected chi connectivity index (χ3v) is 6.87. The van der Waals surface area contributed by atoms with E-state index >= 15 is 0 Å². The summed E-state index contributed by atoms with van der Waals surface area (Å²) in [5.74, 6) is -1.66. The standard InChI is InChI=1S/C16H21N5O5S.C9H12FNO/c17-14(18)10-3-11(27-7-10)5-20-15(24)12-4-16(25-1-2-26-16)8-21(12)13(23)6-19-9-22;1-2-3-6-12-8-4-5-11-9(10)7-8/h3,7,9,12H,1-2,4-6,8H2,(H3,17,18)(H,19,22)(H,20,24);4-5,7H,2-3,6H2,1H3. The number of nitrogen functional groups attached to an aromatic ring is 1. The number of hydrogen-bond acceptors (Lipinski definition) is 9. The molecule has 1 spiro atoms. The number of aromatic nitrogens is 1. The predicted octanol–water partition coefficient (Wildman–Crippen LogP) is 1.14. The van der Waals surface area contributed by atoms with Gasteiger partial charge in [0.1, 0.15) is 17.6 Å². The molecule has 2 fully saturated rings. The number of nitrogens with zero attached hydrogens (tertiary/aromatic N) is 2. The summed E-state index contributed by atoms with van der Waals surface area (Å²) in [5.41, 5.74) is 6.05. The van der Waals surface area contributed by atoms with Crippen molar-refractivity contribution in [2.75, 3.05) is 32.9 Å². The Morgan fingerprint density at radius 2 is 2.15 bits per heavy atom. The highest BCUT2D eigenvalue weighted by atomic mass is 32.1. The first-order valence-electron chi connectivity index (χ1n) is 12.4. The van der Waals surface area contributed by atoms with E-state index in [-0.39, 0.29) is 43.7 Å². The minimum Gasteiger partial charge on any atom is -0.493 e. The molecule has 212 valence electrons. The van der Waals surface area contributed by atoms with E-state index in [9.17, 15) is 18.8 Å². The Morgan fingerprint density at radius 1 is 1.38 bits per heavy atom. The lowest BCUT2D eigenvalue weighted by molar-refractivity contribution is -0.152. The Hall–Kier alpha value is -3.62. The van der Waals surface area contributed by atoms with E-state index in [4.69, 9.17) is 25.4 Å². The summed E-state index contributed by atoms with van der Waals surface area (Å²) in [4.78, 5) is 41.2. The number of carbonyl (C=O) groups excluding carboxylic acids is 3. The van der Waals surface area contributed by atoms with Gasteiger partial charge in [-0.1, -0.05) is 13.3 Å². The fourth-order valence-electron chi connectivity index (χ4n) is 3.99. The van der Waals surface area contributed by atoms with Gasteiger partial charge in [-0.3, -0.25) is 19.8 Å². The van der Waals surface area contributed by atoms with Gasteiger partial charge in [0.25, 0.3) is 0 Å². The molecule has 12 nitrogen and oxygen atoms in total. The molecule has 0 aromatic carbocycles. The van der Waals surface area contributed by atoms with Gasteiger partial charge in [0.05, 0.1) is 39.5 Å². The van der Waals surface area contributed by atoms with Crippen molar-refractivity contribution in [3.8, 4) is 5.75 Å². The Labute approximate surface area is 229 Å². The molecule has 14 heteroatoms. The molecule has 0 bridgehead atoms. The van der Waals surface area contributed by atoms with E-state index in [1.807, 2.05) is 0 Å². The van der Waals surface area contributed by atoms with Crippen molar-refractivity contribution in [3.63, 3.8) is 0 Å². The minimum atomic E-state index is -0.969. The van der Waals surface area contributed by atoms with Crippen LogP contribution in [0.4, 0.5) is 4.39 Å². The molecule has 3 amide bonds. The van der Waals surface area contributed by atoms with E-state index < -0.39 is 17.8 Å². The van der Waals surface area contributed by atoms with Crippen LogP contribution in [0.2, 0.25) is 0 Å². The average Bonchev–Trinajstić information content (AvgIpc) is 3.67. The first-order chi connectivity index (χ1) is 18.8. The van der Waals surface area contributed by atoms with Crippen LogP contribution in [0, 0.1) is 11.4 Å². The number of likely N-dealkylation sites (tertiary alicyclic amines) is 1. The van der Waals surface area contributed by atoms with Gasteiger partial charge in [0, 0.05) is 34.5 Å². The maximum absolute atomic E-state index is 12.7. The van der Waals surface area contributed by atoms with E-state index in [1.165, 1.54) is 28.5 Å². The van der Waals surface area contributed by atoms with Crippen LogP contribution in [0.25, 0.3) is 0 Å². The van der Waals surface area contributed by atoms with Crippen LogP contribution in [-0.4, -0.2) is 78.7 Å². The maximum Gasteiger partial charge on any atom is 0.243 e. The molecule has 5 N–H and O–H groups in total. The van der Waals surface area contributed by atoms with Crippen molar-refractivity contribution in [1.82, 2.24) is 20.5 Å². The number of rotatable bonds is 11. The molecule has 1 unspecified atom stereocenters. The van der Waals surface area contributed by atoms with Crippen molar-refractivity contribution >= 4 is 35.4 Å². The summed E-state index contributed by atoms with van der Waals surface area (Å²) in [6, 6.07) is 3.93. The number of ether oxygens (including phenoxy) is 3. The molecule has 1 atom stereocenters. The fraction of sp³-hybridized carbons (Fsp3) is 0.480. The van der Waals surface area contributed by atoms with Crippen LogP contribution in [0.5, 0.6) is 5.75 Å². The number of thiophene rings is 1. The summed E-state index contributed by atoms with van der Waals surface area (Å²) in [5, 5.41) is 14.3. The van der Waals surface area contributed by atoms with Gasteiger partial charge in [-0.2, -0.15) is 4.39 Å². The van der Waals surface area contributed by atoms with E-state index in [0.717, 1.165) is 17.7 Å². The quantitative estimate of drug-likeness (QED) is 0.104. The molecule has 2 aromatic heterocycles. The Morgan fingerprint density at radius 3 is 2.79 bits per heavy atom. The molecule has 0 saturated carbocycles. The summed E-state index contributed by atoms with van der Waals surface area (Å²) in [6.07, 6.45) is 4.13. The van der Waals surface area contributed by atoms with Crippen LogP contribution in [0.3, 0.4) is 0 Å². The molecular weight excluding hydrogens is 531 g/mol. The summed E-state index contributed by atoms with van der Waals surface area (Å²) in [7, 11) is 0. The van der Waals surface area contributed by atoms with Crippen molar-refractivity contribution in [1.29, 1.82) is 5.41 Å². The zero-order chi connectivity index (χ0) is 28.3. The monoisotopic (exact) mass is 564 g/mol. The first-order valence-corrected chi connectivity index (χ1v) is 13.3. The third kappa shape index (κ3) is 8.70. The fourth-order valence-corrected chi connectivity index (χ4v) is 4.81. The Bertz CT molecular complexity index is 1140. The largest absolute Gasteiger partial charge is 0.493 e. The van der Waals surface area contributed by atoms with Crippen LogP contribution >= 0.6 is 11.3 Å². The van der Waals surface area contributed by atoms with E-state index in [2.05, 4.69) is 22.5 Å². The second-order valence-corrected chi connectivity index (χ2v) is 9.79. The maximum atomic E-state index is 12.7. The minimum absolute atomic E-state index is 0.0310. The predicted molar refractivity (Wildman–Crippen MR) is 141 cm³/mol. The van der Waals surface area contributed by atoms with Crippen molar-refractivity contribution in [3.05, 3.63) is 46.2 Å². The Balaban J connectivity index is 0.000000293. The molecule has 4 rings (SSSR count). The van der Waals surface area contributed by atoms with Crippen LogP contribution in [-0.2, 0) is 30.4 Å². The van der Waals surface area contributed by atoms with Gasteiger partial charge < -0.3 is 35.5 Å². The van der Waals surface area contributed by atoms with Gasteiger partial charge >= 0.3 is 0 Å². The highest BCUT2D eigenvalue weighted by Gasteiger charge is 2.52. The lowest BCUT2D eigenvalue weighted by Gasteiger charge is -2.23. The molecule has 0 aliphatic carbocycles. The summed E-state index contributed by atoms with van der Waals surface area (Å²) < 4.78 is 29.0. The molecule has 2 aromatic rings. The van der Waals surface area contributed by atoms with Crippen molar-refractivity contribution < 1.29 is 33.0 Å². The third-order valence-electron chi connectivity index (χ3n) is 5.93. The number of unbranched alkanes of at least 4 members (excludes halogenated alkanes) is 1. The summed E-state index contributed by atoms with van der Waals surface area (Å²) in [6.45, 7) is 3.74. The van der Waals surface area contributed by atoms with E-state index in [0.29, 0.717) is 37.5 Å². The topological polar surface area (TPSA) is 169 Å². The SMILES string of the molecule is CCCCOc1ccnc(F)c1.N=C(N)c1csc(CNC(=O)C2CC3(CN2C(=O)CNC=O)OCCO3)c1. The van der Waals surface area contributed by atoms with Gasteiger partial charge in [-0.25, -0.2) is 4.98 Å². The zero-order valence-electron chi connectivity index (χ0n) is 21.6. The number of halogens is 1. The summed E-state index contributed by atoms with van der Waals surface area (Å²) >= 11 is 1.39. The molecule has 39 heavy (non-hydrogen) atoms. The van der Waals surface area contributed by atoms with Gasteiger partial charge in [0.15, 0.2) is 5.79 Å². The van der Waals surface area contributed by atoms with Gasteiger partial charge in [0.2, 0.25) is 24.2 Å². The van der Waals surface area contributed by atoms with Crippen molar-refractivity contribution in [2.45, 2.75) is 44.6 Å². The number of nitrogens with two attached hydrogens (primary N) is 1.